The van der Waals surface area contributed by atoms with Crippen LogP contribution >= 0.6 is 15.9 Å². The number of nitrogens with one attached hydrogen (secondary N) is 1. The lowest BCUT2D eigenvalue weighted by Crippen LogP contribution is -2.52. The van der Waals surface area contributed by atoms with Crippen molar-refractivity contribution in [3.8, 4) is 0 Å². The van der Waals surface area contributed by atoms with Gasteiger partial charge in [-0.2, -0.15) is 0 Å². The minimum atomic E-state index is -3.81. The van der Waals surface area contributed by atoms with Crippen LogP contribution in [0.15, 0.2) is 53.0 Å². The molecule has 0 spiro atoms. The highest BCUT2D eigenvalue weighted by Crippen LogP contribution is 2.22. The fourth-order valence-corrected chi connectivity index (χ4v) is 5.12. The summed E-state index contributed by atoms with van der Waals surface area (Å²) in [5.74, 6) is -1.45. The molecule has 2 aromatic carbocycles. The molecule has 0 heterocycles. The maximum atomic E-state index is 14.4. The van der Waals surface area contributed by atoms with Crippen LogP contribution in [-0.4, -0.2) is 50.0 Å². The normalized spacial score (nSPS) is 15.1. The maximum Gasteiger partial charge on any atom is 0.244 e. The molecule has 1 aliphatic rings. The number of nitrogens with zero attached hydrogens (tertiary/aromatic N) is 2. The standard InChI is InChI=1S/C24H29BrFN3O4S/c1-17(24(31)27-20-8-4-5-9-20)28(15-18-7-3-6-10-22(18)26)23(30)16-29(34(2,32)33)21-13-11-19(25)12-14-21/h3,6-7,10-14,17,20H,4-5,8-9,15-16H2,1-2H3,(H,27,31)/t17-/m0/s1. The van der Waals surface area contributed by atoms with E-state index < -0.39 is 34.3 Å². The summed E-state index contributed by atoms with van der Waals surface area (Å²) >= 11 is 3.31. The van der Waals surface area contributed by atoms with Crippen molar-refractivity contribution in [3.05, 3.63) is 64.4 Å². The van der Waals surface area contributed by atoms with E-state index >= 15 is 0 Å². The number of anilines is 1. The predicted molar refractivity (Wildman–Crippen MR) is 133 cm³/mol. The van der Waals surface area contributed by atoms with Crippen LogP contribution in [0.5, 0.6) is 0 Å². The average Bonchev–Trinajstić information content (AvgIpc) is 3.29. The average molecular weight is 554 g/mol. The summed E-state index contributed by atoms with van der Waals surface area (Å²) in [6, 6.07) is 11.7. The van der Waals surface area contributed by atoms with Crippen molar-refractivity contribution in [3.63, 3.8) is 0 Å². The van der Waals surface area contributed by atoms with E-state index in [0.29, 0.717) is 5.69 Å². The third-order valence-corrected chi connectivity index (χ3v) is 7.63. The van der Waals surface area contributed by atoms with Crippen LogP contribution in [0.25, 0.3) is 0 Å². The second kappa shape index (κ2) is 11.3. The van der Waals surface area contributed by atoms with E-state index in [2.05, 4.69) is 21.2 Å². The van der Waals surface area contributed by atoms with Crippen molar-refractivity contribution in [2.45, 2.75) is 51.2 Å². The molecule has 3 rings (SSSR count). The molecular formula is C24H29BrFN3O4S. The number of sulfonamides is 1. The molecule has 1 aliphatic carbocycles. The minimum Gasteiger partial charge on any atom is -0.352 e. The van der Waals surface area contributed by atoms with Crippen LogP contribution in [0.1, 0.15) is 38.2 Å². The quantitative estimate of drug-likeness (QED) is 0.511. The highest BCUT2D eigenvalue weighted by atomic mass is 79.9. The zero-order chi connectivity index (χ0) is 24.9. The van der Waals surface area contributed by atoms with Gasteiger partial charge in [-0.3, -0.25) is 13.9 Å². The van der Waals surface area contributed by atoms with Gasteiger partial charge in [0, 0.05) is 22.6 Å². The van der Waals surface area contributed by atoms with E-state index in [0.717, 1.165) is 40.7 Å². The summed E-state index contributed by atoms with van der Waals surface area (Å²) in [6.45, 7) is 0.895. The molecule has 34 heavy (non-hydrogen) atoms. The van der Waals surface area contributed by atoms with Gasteiger partial charge in [-0.15, -0.1) is 0 Å². The summed E-state index contributed by atoms with van der Waals surface area (Å²) in [7, 11) is -3.81. The largest absolute Gasteiger partial charge is 0.352 e. The highest BCUT2D eigenvalue weighted by Gasteiger charge is 2.31. The Bertz CT molecular complexity index is 1120. The Morgan fingerprint density at radius 1 is 1.12 bits per heavy atom. The maximum absolute atomic E-state index is 14.4. The molecule has 1 fully saturated rings. The van der Waals surface area contributed by atoms with Crippen molar-refractivity contribution < 1.29 is 22.4 Å². The number of amides is 2. The summed E-state index contributed by atoms with van der Waals surface area (Å²) in [5, 5.41) is 2.97. The van der Waals surface area contributed by atoms with E-state index in [9.17, 15) is 22.4 Å². The molecule has 0 radical (unpaired) electrons. The molecule has 0 aliphatic heterocycles. The first-order valence-corrected chi connectivity index (χ1v) is 13.8. The number of rotatable bonds is 9. The van der Waals surface area contributed by atoms with Crippen molar-refractivity contribution >= 4 is 43.5 Å². The van der Waals surface area contributed by atoms with Crippen LogP contribution < -0.4 is 9.62 Å². The first kappa shape index (κ1) is 26.2. The van der Waals surface area contributed by atoms with E-state index in [1.54, 1.807) is 49.4 Å². The van der Waals surface area contributed by atoms with Gasteiger partial charge in [-0.05, 0) is 50.1 Å². The molecule has 10 heteroatoms. The molecule has 7 nitrogen and oxygen atoms in total. The number of carbonyl (C=O) groups excluding carboxylic acids is 2. The van der Waals surface area contributed by atoms with Crippen LogP contribution in [-0.2, 0) is 26.2 Å². The lowest BCUT2D eigenvalue weighted by Gasteiger charge is -2.32. The van der Waals surface area contributed by atoms with Crippen LogP contribution in [0.2, 0.25) is 0 Å². The Morgan fingerprint density at radius 2 is 1.74 bits per heavy atom. The Balaban J connectivity index is 1.88. The van der Waals surface area contributed by atoms with E-state index in [1.165, 1.54) is 11.0 Å². The third-order valence-electron chi connectivity index (χ3n) is 5.96. The molecule has 1 N–H and O–H groups in total. The van der Waals surface area contributed by atoms with Crippen molar-refractivity contribution in [2.24, 2.45) is 0 Å². The zero-order valence-electron chi connectivity index (χ0n) is 19.2. The van der Waals surface area contributed by atoms with Gasteiger partial charge in [-0.1, -0.05) is 47.0 Å². The van der Waals surface area contributed by atoms with Crippen LogP contribution in [0.4, 0.5) is 10.1 Å². The van der Waals surface area contributed by atoms with Gasteiger partial charge in [0.15, 0.2) is 0 Å². The molecule has 1 saturated carbocycles. The van der Waals surface area contributed by atoms with Gasteiger partial charge < -0.3 is 10.2 Å². The third kappa shape index (κ3) is 6.79. The Kier molecular flexibility index (Phi) is 8.70. The van der Waals surface area contributed by atoms with Gasteiger partial charge in [0.05, 0.1) is 11.9 Å². The van der Waals surface area contributed by atoms with Gasteiger partial charge >= 0.3 is 0 Å². The number of carbonyl (C=O) groups is 2. The molecule has 2 amide bonds. The Labute approximate surface area is 208 Å². The molecule has 0 aromatic heterocycles. The summed E-state index contributed by atoms with van der Waals surface area (Å²) in [6.07, 6.45) is 4.84. The smallest absolute Gasteiger partial charge is 0.244 e. The topological polar surface area (TPSA) is 86.8 Å². The lowest BCUT2D eigenvalue weighted by atomic mass is 10.1. The monoisotopic (exact) mass is 553 g/mol. The highest BCUT2D eigenvalue weighted by molar-refractivity contribution is 9.10. The molecular weight excluding hydrogens is 525 g/mol. The predicted octanol–water partition coefficient (Wildman–Crippen LogP) is 3.83. The fraction of sp³-hybridized carbons (Fsp3) is 0.417. The second-order valence-corrected chi connectivity index (χ2v) is 11.3. The van der Waals surface area contributed by atoms with Gasteiger partial charge in [-0.25, -0.2) is 12.8 Å². The summed E-state index contributed by atoms with van der Waals surface area (Å²) in [5.41, 5.74) is 0.555. The zero-order valence-corrected chi connectivity index (χ0v) is 21.6. The van der Waals surface area contributed by atoms with Gasteiger partial charge in [0.1, 0.15) is 18.4 Å². The number of hydrogen-bond acceptors (Lipinski definition) is 4. The molecule has 1 atom stereocenters. The molecule has 2 aromatic rings. The van der Waals surface area contributed by atoms with Crippen LogP contribution in [0, 0.1) is 5.82 Å². The Morgan fingerprint density at radius 3 is 2.32 bits per heavy atom. The minimum absolute atomic E-state index is 0.0515. The van der Waals surface area contributed by atoms with E-state index in [4.69, 9.17) is 0 Å². The molecule has 184 valence electrons. The lowest BCUT2D eigenvalue weighted by molar-refractivity contribution is -0.139. The van der Waals surface area contributed by atoms with Crippen LogP contribution in [0.3, 0.4) is 0 Å². The molecule has 0 saturated heterocycles. The summed E-state index contributed by atoms with van der Waals surface area (Å²) < 4.78 is 41.2. The first-order chi connectivity index (χ1) is 16.1. The molecule has 0 unspecified atom stereocenters. The summed E-state index contributed by atoms with van der Waals surface area (Å²) in [4.78, 5) is 27.7. The first-order valence-electron chi connectivity index (χ1n) is 11.1. The van der Waals surface area contributed by atoms with Crippen molar-refractivity contribution in [1.29, 1.82) is 0 Å². The SMILES string of the molecule is C[C@@H](C(=O)NC1CCCC1)N(Cc1ccccc1F)C(=O)CN(c1ccc(Br)cc1)S(C)(=O)=O. The number of hydrogen-bond donors (Lipinski definition) is 1. The van der Waals surface area contributed by atoms with E-state index in [1.807, 2.05) is 0 Å². The second-order valence-electron chi connectivity index (χ2n) is 8.53. The van der Waals surface area contributed by atoms with Crippen molar-refractivity contribution in [2.75, 3.05) is 17.1 Å². The Hall–Kier alpha value is -2.46. The van der Waals surface area contributed by atoms with E-state index in [-0.39, 0.29) is 24.1 Å². The van der Waals surface area contributed by atoms with Crippen molar-refractivity contribution in [1.82, 2.24) is 10.2 Å². The fourth-order valence-electron chi connectivity index (χ4n) is 4.01. The number of benzene rings is 2. The number of halogens is 2. The molecule has 0 bridgehead atoms. The van der Waals surface area contributed by atoms with Gasteiger partial charge in [0.2, 0.25) is 21.8 Å². The van der Waals surface area contributed by atoms with Gasteiger partial charge in [0.25, 0.3) is 0 Å².